The van der Waals surface area contributed by atoms with Gasteiger partial charge in [-0.3, -0.25) is 9.69 Å². The molecular weight excluding hydrogens is 312 g/mol. The number of amides is 1. The minimum Gasteiger partial charge on any atom is -0.381 e. The molecule has 1 spiro atoms. The van der Waals surface area contributed by atoms with Crippen LogP contribution >= 0.6 is 0 Å². The fourth-order valence-electron chi connectivity index (χ4n) is 4.93. The van der Waals surface area contributed by atoms with Crippen molar-refractivity contribution in [1.82, 2.24) is 9.80 Å². The van der Waals surface area contributed by atoms with Crippen LogP contribution in [0.15, 0.2) is 30.3 Å². The fourth-order valence-corrected chi connectivity index (χ4v) is 4.93. The summed E-state index contributed by atoms with van der Waals surface area (Å²) in [6.07, 6.45) is 5.17. The molecule has 2 aliphatic heterocycles. The van der Waals surface area contributed by atoms with E-state index in [1.54, 1.807) is 0 Å². The van der Waals surface area contributed by atoms with E-state index in [0.29, 0.717) is 5.91 Å². The van der Waals surface area contributed by atoms with E-state index in [1.807, 2.05) is 6.07 Å². The third kappa shape index (κ3) is 3.00. The Kier molecular flexibility index (Phi) is 4.59. The molecule has 0 aromatic heterocycles. The molecular formula is C21H30N2O2. The van der Waals surface area contributed by atoms with E-state index >= 15 is 0 Å². The molecule has 0 atom stereocenters. The van der Waals surface area contributed by atoms with Crippen molar-refractivity contribution in [2.75, 3.05) is 39.4 Å². The molecule has 0 N–H and O–H groups in total. The SMILES string of the molecule is CCN1CCCN(C(=O)C2(c3ccccc3)CC2)CC12CCOCC2. The molecule has 1 saturated carbocycles. The first-order valence-corrected chi connectivity index (χ1v) is 9.88. The van der Waals surface area contributed by atoms with Gasteiger partial charge in [0.1, 0.15) is 0 Å². The molecule has 1 aliphatic carbocycles. The molecule has 1 aromatic carbocycles. The number of hydrogen-bond donors (Lipinski definition) is 0. The Balaban J connectivity index is 1.58. The van der Waals surface area contributed by atoms with E-state index < -0.39 is 0 Å². The highest BCUT2D eigenvalue weighted by molar-refractivity contribution is 5.91. The van der Waals surface area contributed by atoms with Gasteiger partial charge < -0.3 is 9.64 Å². The third-order valence-corrected chi connectivity index (χ3v) is 6.59. The maximum absolute atomic E-state index is 13.5. The van der Waals surface area contributed by atoms with Crippen molar-refractivity contribution in [2.45, 2.75) is 50.0 Å². The fraction of sp³-hybridized carbons (Fsp3) is 0.667. The molecule has 0 bridgehead atoms. The lowest BCUT2D eigenvalue weighted by Gasteiger charge is -2.46. The summed E-state index contributed by atoms with van der Waals surface area (Å²) in [5.41, 5.74) is 1.08. The van der Waals surface area contributed by atoms with Crippen molar-refractivity contribution >= 4 is 5.91 Å². The molecule has 3 fully saturated rings. The quantitative estimate of drug-likeness (QED) is 0.847. The standard InChI is InChI=1S/C21H30N2O2/c1-2-23-14-6-13-22(17-20(23)11-15-25-16-12-20)19(24)21(9-10-21)18-7-4-3-5-8-18/h3-5,7-8H,2,6,9-17H2,1H3. The van der Waals surface area contributed by atoms with Crippen LogP contribution in [0.3, 0.4) is 0 Å². The Bertz CT molecular complexity index is 606. The van der Waals surface area contributed by atoms with E-state index in [0.717, 1.165) is 71.5 Å². The first-order chi connectivity index (χ1) is 12.2. The van der Waals surface area contributed by atoms with Gasteiger partial charge in [-0.05, 0) is 44.2 Å². The predicted octanol–water partition coefficient (Wildman–Crippen LogP) is 2.82. The average Bonchev–Trinajstić information content (AvgIpc) is 3.48. The topological polar surface area (TPSA) is 32.8 Å². The van der Waals surface area contributed by atoms with Crippen LogP contribution < -0.4 is 0 Å². The van der Waals surface area contributed by atoms with Gasteiger partial charge in [0.15, 0.2) is 0 Å². The maximum atomic E-state index is 13.5. The summed E-state index contributed by atoms with van der Waals surface area (Å²) >= 11 is 0. The van der Waals surface area contributed by atoms with Crippen molar-refractivity contribution in [2.24, 2.45) is 0 Å². The van der Waals surface area contributed by atoms with E-state index in [2.05, 4.69) is 41.0 Å². The van der Waals surface area contributed by atoms with Crippen LogP contribution in [-0.2, 0) is 14.9 Å². The molecule has 1 amide bonds. The predicted molar refractivity (Wildman–Crippen MR) is 98.6 cm³/mol. The number of hydrogen-bond acceptors (Lipinski definition) is 3. The van der Waals surface area contributed by atoms with E-state index in [4.69, 9.17) is 4.74 Å². The summed E-state index contributed by atoms with van der Waals surface area (Å²) in [4.78, 5) is 18.3. The van der Waals surface area contributed by atoms with Gasteiger partial charge in [-0.15, -0.1) is 0 Å². The monoisotopic (exact) mass is 342 g/mol. The summed E-state index contributed by atoms with van der Waals surface area (Å²) in [6.45, 7) is 7.82. The molecule has 0 unspecified atom stereocenters. The van der Waals surface area contributed by atoms with Crippen molar-refractivity contribution in [3.63, 3.8) is 0 Å². The number of nitrogens with zero attached hydrogens (tertiary/aromatic N) is 2. The van der Waals surface area contributed by atoms with Crippen LogP contribution in [0.2, 0.25) is 0 Å². The molecule has 4 heteroatoms. The number of ether oxygens (including phenoxy) is 1. The second kappa shape index (κ2) is 6.73. The smallest absolute Gasteiger partial charge is 0.233 e. The van der Waals surface area contributed by atoms with Gasteiger partial charge in [-0.25, -0.2) is 0 Å². The summed E-state index contributed by atoms with van der Waals surface area (Å²) in [5.74, 6) is 0.363. The zero-order valence-electron chi connectivity index (χ0n) is 15.4. The number of likely N-dealkylation sites (N-methyl/N-ethyl adjacent to an activating group) is 1. The highest BCUT2D eigenvalue weighted by Crippen LogP contribution is 2.50. The maximum Gasteiger partial charge on any atom is 0.233 e. The van der Waals surface area contributed by atoms with Gasteiger partial charge in [-0.1, -0.05) is 37.3 Å². The lowest BCUT2D eigenvalue weighted by Crippen LogP contribution is -2.58. The van der Waals surface area contributed by atoms with Crippen molar-refractivity contribution in [1.29, 1.82) is 0 Å². The summed E-state index contributed by atoms with van der Waals surface area (Å²) in [6, 6.07) is 10.4. The zero-order chi connectivity index (χ0) is 17.3. The minimum atomic E-state index is -0.241. The van der Waals surface area contributed by atoms with Gasteiger partial charge in [0.2, 0.25) is 5.91 Å². The Morgan fingerprint density at radius 1 is 1.08 bits per heavy atom. The third-order valence-electron chi connectivity index (χ3n) is 6.59. The van der Waals surface area contributed by atoms with E-state index in [9.17, 15) is 4.79 Å². The number of benzene rings is 1. The summed E-state index contributed by atoms with van der Waals surface area (Å²) < 4.78 is 5.65. The van der Waals surface area contributed by atoms with Crippen LogP contribution in [0.25, 0.3) is 0 Å². The van der Waals surface area contributed by atoms with Crippen LogP contribution in [0, 0.1) is 0 Å². The van der Waals surface area contributed by atoms with Crippen LogP contribution in [0.1, 0.15) is 44.6 Å². The number of rotatable bonds is 3. The van der Waals surface area contributed by atoms with Gasteiger partial charge in [0.05, 0.1) is 5.41 Å². The van der Waals surface area contributed by atoms with Crippen LogP contribution in [0.4, 0.5) is 0 Å². The van der Waals surface area contributed by atoms with Gasteiger partial charge >= 0.3 is 0 Å². The molecule has 2 saturated heterocycles. The molecule has 2 heterocycles. The highest BCUT2D eigenvalue weighted by Gasteiger charge is 2.54. The van der Waals surface area contributed by atoms with Gasteiger partial charge in [-0.2, -0.15) is 0 Å². The molecule has 3 aliphatic rings. The summed E-state index contributed by atoms with van der Waals surface area (Å²) in [5, 5.41) is 0. The van der Waals surface area contributed by atoms with E-state index in [1.165, 1.54) is 5.56 Å². The first-order valence-electron chi connectivity index (χ1n) is 9.88. The minimum absolute atomic E-state index is 0.117. The summed E-state index contributed by atoms with van der Waals surface area (Å²) in [7, 11) is 0. The number of carbonyl (C=O) groups excluding carboxylic acids is 1. The normalized spacial score (nSPS) is 25.6. The van der Waals surface area contributed by atoms with Crippen molar-refractivity contribution < 1.29 is 9.53 Å². The molecule has 4 rings (SSSR count). The van der Waals surface area contributed by atoms with Crippen molar-refractivity contribution in [3.8, 4) is 0 Å². The first kappa shape index (κ1) is 17.0. The highest BCUT2D eigenvalue weighted by atomic mass is 16.5. The Morgan fingerprint density at radius 3 is 2.44 bits per heavy atom. The lowest BCUT2D eigenvalue weighted by atomic mass is 9.86. The van der Waals surface area contributed by atoms with Crippen molar-refractivity contribution in [3.05, 3.63) is 35.9 Å². The largest absolute Gasteiger partial charge is 0.381 e. The zero-order valence-corrected chi connectivity index (χ0v) is 15.4. The molecule has 0 radical (unpaired) electrons. The second-order valence-corrected chi connectivity index (χ2v) is 7.94. The van der Waals surface area contributed by atoms with Gasteiger partial charge in [0.25, 0.3) is 0 Å². The Morgan fingerprint density at radius 2 is 1.80 bits per heavy atom. The Hall–Kier alpha value is -1.39. The molecule has 136 valence electrons. The second-order valence-electron chi connectivity index (χ2n) is 7.94. The lowest BCUT2D eigenvalue weighted by molar-refractivity contribution is -0.136. The molecule has 4 nitrogen and oxygen atoms in total. The number of carbonyl (C=O) groups is 1. The Labute approximate surface area is 151 Å². The van der Waals surface area contributed by atoms with E-state index in [-0.39, 0.29) is 11.0 Å². The van der Waals surface area contributed by atoms with Crippen LogP contribution in [0.5, 0.6) is 0 Å². The molecule has 25 heavy (non-hydrogen) atoms. The van der Waals surface area contributed by atoms with Crippen LogP contribution in [-0.4, -0.2) is 60.6 Å². The van der Waals surface area contributed by atoms with Gasteiger partial charge in [0, 0.05) is 38.4 Å². The molecule has 1 aromatic rings. The average molecular weight is 342 g/mol.